The molecule has 1 aliphatic carbocycles. The third-order valence-electron chi connectivity index (χ3n) is 5.68. The van der Waals surface area contributed by atoms with Crippen LogP contribution in [0.5, 0.6) is 0 Å². The first-order chi connectivity index (χ1) is 12.9. The number of hydrogen-bond donors (Lipinski definition) is 0. The molecule has 0 bridgehead atoms. The van der Waals surface area contributed by atoms with Gasteiger partial charge in [-0.1, -0.05) is 0 Å². The summed E-state index contributed by atoms with van der Waals surface area (Å²) in [5, 5.41) is 4.82. The van der Waals surface area contributed by atoms with E-state index in [0.717, 1.165) is 0 Å². The Bertz CT molecular complexity index is 881. The van der Waals surface area contributed by atoms with E-state index < -0.39 is 19.7 Å². The van der Waals surface area contributed by atoms with Gasteiger partial charge in [0.15, 0.2) is 0 Å². The van der Waals surface area contributed by atoms with Gasteiger partial charge in [-0.3, -0.25) is 0 Å². The summed E-state index contributed by atoms with van der Waals surface area (Å²) in [6.07, 6.45) is 6.13. The molecule has 3 rings (SSSR count). The van der Waals surface area contributed by atoms with Crippen LogP contribution in [0, 0.1) is 13.8 Å². The Kier molecular flexibility index (Phi) is 8.93. The molecule has 2 aromatic rings. The summed E-state index contributed by atoms with van der Waals surface area (Å²) in [5.74, 6) is 10.2. The molecule has 167 valence electrons. The van der Waals surface area contributed by atoms with E-state index >= 15 is 0 Å². The quantitative estimate of drug-likeness (QED) is 0.274. The average molecular weight is 521 g/mol. The molecule has 0 atom stereocenters. The number of hydrogen-bond acceptors (Lipinski definition) is 0. The zero-order chi connectivity index (χ0) is 20.8. The minimum atomic E-state index is -2.21. The van der Waals surface area contributed by atoms with Gasteiger partial charge in [-0.15, -0.1) is 24.8 Å². The summed E-state index contributed by atoms with van der Waals surface area (Å²) in [7, 11) is -2.11. The molecule has 0 unspecified atom stereocenters. The molecule has 0 N–H and O–H groups in total. The van der Waals surface area contributed by atoms with Crippen molar-refractivity contribution in [3.8, 4) is 0 Å². The van der Waals surface area contributed by atoms with Crippen LogP contribution in [0.2, 0.25) is 36.2 Å². The minimum Gasteiger partial charge on any atom is -0.147 e. The third-order valence-corrected chi connectivity index (χ3v) is 19.8. The van der Waals surface area contributed by atoms with E-state index in [4.69, 9.17) is 0 Å². The Morgan fingerprint density at radius 1 is 0.733 bits per heavy atom. The van der Waals surface area contributed by atoms with Crippen molar-refractivity contribution in [1.29, 1.82) is 0 Å². The largest absolute Gasteiger partial charge is 0.147 e. The fourth-order valence-corrected chi connectivity index (χ4v) is 20.2. The molecule has 5 heteroatoms. The van der Waals surface area contributed by atoms with Crippen LogP contribution in [0.15, 0.2) is 70.3 Å². The molecule has 0 saturated carbocycles. The molecule has 0 nitrogen and oxygen atoms in total. The number of aryl methyl sites for hydroxylation is 2. The Hall–Kier alpha value is -0.321. The maximum atomic E-state index is 2.62. The summed E-state index contributed by atoms with van der Waals surface area (Å²) < 4.78 is 1.81. The van der Waals surface area contributed by atoms with Gasteiger partial charge in [0.1, 0.15) is 0 Å². The van der Waals surface area contributed by atoms with Gasteiger partial charge in [0.05, 0.1) is 0 Å². The molecule has 0 radical (unpaired) electrons. The summed E-state index contributed by atoms with van der Waals surface area (Å²) in [6, 6.07) is 18.8. The van der Waals surface area contributed by atoms with E-state index in [9.17, 15) is 0 Å². The molecule has 0 aliphatic heterocycles. The normalized spacial score (nSPS) is 15.4. The second kappa shape index (κ2) is 9.67. The van der Waals surface area contributed by atoms with Crippen LogP contribution in [0.4, 0.5) is 0 Å². The van der Waals surface area contributed by atoms with Crippen LogP contribution >= 0.6 is 32.3 Å². The second-order valence-corrected chi connectivity index (χ2v) is 31.3. The fourth-order valence-electron chi connectivity index (χ4n) is 4.11. The smallest absolute Gasteiger partial charge is 0.147 e. The van der Waals surface area contributed by atoms with E-state index in [1.165, 1.54) is 28.2 Å². The number of allylic oxidation sites excluding steroid dienone is 4. The molecule has 0 heterocycles. The molecule has 0 spiro atoms. The SMILES string of the molecule is Cc1ccc(P(c2ccc(C)cc2)[Si](C)(C)C2=[C]([Cr]([CH3])([CH3])([CH3])[CH3])CC=C2)cc1.Cl.Cl. The van der Waals surface area contributed by atoms with Gasteiger partial charge in [0, 0.05) is 0 Å². The number of halogens is 2. The molecular weight excluding hydrogens is 482 g/mol. The van der Waals surface area contributed by atoms with Gasteiger partial charge in [-0.2, -0.15) is 0 Å². The van der Waals surface area contributed by atoms with Crippen molar-refractivity contribution in [1.82, 2.24) is 0 Å². The molecule has 0 fully saturated rings. The van der Waals surface area contributed by atoms with Crippen LogP contribution < -0.4 is 10.6 Å². The van der Waals surface area contributed by atoms with Crippen molar-refractivity contribution in [2.24, 2.45) is 0 Å². The van der Waals surface area contributed by atoms with E-state index in [0.29, 0.717) is 0 Å². The number of rotatable bonds is 5. The van der Waals surface area contributed by atoms with Crippen molar-refractivity contribution in [2.75, 3.05) is 0 Å². The third kappa shape index (κ3) is 5.92. The van der Waals surface area contributed by atoms with Crippen molar-refractivity contribution in [2.45, 2.75) is 56.5 Å². The van der Waals surface area contributed by atoms with Gasteiger partial charge in [0.25, 0.3) is 0 Å². The Morgan fingerprint density at radius 3 is 1.50 bits per heavy atom. The predicted octanol–water partition coefficient (Wildman–Crippen LogP) is 8.42. The summed E-state index contributed by atoms with van der Waals surface area (Å²) >= 11 is -2.21. The van der Waals surface area contributed by atoms with Crippen LogP contribution in [-0.2, 0) is 12.0 Å². The molecule has 1 aliphatic rings. The molecular formula is C25H38Cl2CrPSi. The summed E-state index contributed by atoms with van der Waals surface area (Å²) in [6.45, 7) is 9.62. The van der Waals surface area contributed by atoms with E-state index in [-0.39, 0.29) is 32.3 Å². The van der Waals surface area contributed by atoms with Crippen LogP contribution in [-0.4, -0.2) is 7.74 Å². The van der Waals surface area contributed by atoms with Gasteiger partial charge in [-0.05, 0) is 0 Å². The standard InChI is InChI=1S/C21H24PSi.4CH3.2ClH.Cr/c1-17-9-13-19(14-10-17)22(20-15-11-18(2)12-16-20)23(3,4)21-7-5-6-8-21;;;;;;;/h5,7,9-16H,6H2,1-4H3;4*1H3;2*1H;. The minimum absolute atomic E-state index is 0. The first-order valence-electron chi connectivity index (χ1n) is 10.0. The number of benzene rings is 2. The molecule has 0 saturated heterocycles. The summed E-state index contributed by atoms with van der Waals surface area (Å²) in [4.78, 5) is 0. The molecule has 0 aromatic heterocycles. The fraction of sp³-hybridized carbons (Fsp3) is 0.360. The molecule has 30 heavy (non-hydrogen) atoms. The van der Waals surface area contributed by atoms with E-state index in [1.54, 1.807) is 5.20 Å². The zero-order valence-corrected chi connectivity index (χ0v) is 24.5. The Morgan fingerprint density at radius 2 is 1.13 bits per heavy atom. The predicted molar refractivity (Wildman–Crippen MR) is 145 cm³/mol. The van der Waals surface area contributed by atoms with Gasteiger partial charge < -0.3 is 0 Å². The van der Waals surface area contributed by atoms with Gasteiger partial charge >= 0.3 is 176 Å². The van der Waals surface area contributed by atoms with Crippen LogP contribution in [0.1, 0.15) is 17.5 Å². The van der Waals surface area contributed by atoms with Crippen molar-refractivity contribution < 1.29 is 12.0 Å². The Balaban J connectivity index is 0.00000225. The van der Waals surface area contributed by atoms with Crippen LogP contribution in [0.25, 0.3) is 0 Å². The van der Waals surface area contributed by atoms with Crippen molar-refractivity contribution >= 4 is 50.6 Å². The maximum absolute atomic E-state index is 2.62. The monoisotopic (exact) mass is 519 g/mol. The maximum Gasteiger partial charge on any atom is -0.147 e. The van der Waals surface area contributed by atoms with Gasteiger partial charge in [-0.25, -0.2) is 0 Å². The van der Waals surface area contributed by atoms with Gasteiger partial charge in [0.2, 0.25) is 0 Å². The molecule has 0 amide bonds. The van der Waals surface area contributed by atoms with Crippen molar-refractivity contribution in [3.63, 3.8) is 0 Å². The first-order valence-corrected chi connectivity index (χ1v) is 21.0. The zero-order valence-electron chi connectivity index (χ0n) is 19.7. The first kappa shape index (κ1) is 27.7. The van der Waals surface area contributed by atoms with E-state index in [2.05, 4.69) is 111 Å². The Labute approximate surface area is 199 Å². The van der Waals surface area contributed by atoms with E-state index in [1.807, 2.05) is 4.44 Å². The van der Waals surface area contributed by atoms with Crippen LogP contribution in [0.3, 0.4) is 0 Å². The van der Waals surface area contributed by atoms with Crippen molar-refractivity contribution in [3.05, 3.63) is 81.4 Å². The average Bonchev–Trinajstić information content (AvgIpc) is 3.09. The second-order valence-electron chi connectivity index (χ2n) is 10.3. The molecule has 2 aromatic carbocycles. The summed E-state index contributed by atoms with van der Waals surface area (Å²) in [5.41, 5.74) is 2.69. The topological polar surface area (TPSA) is 0 Å².